The average molecular weight is 312 g/mol. The van der Waals surface area contributed by atoms with Crippen LogP contribution in [0.3, 0.4) is 0 Å². The third kappa shape index (κ3) is 3.00. The van der Waals surface area contributed by atoms with Crippen LogP contribution < -0.4 is 4.72 Å². The lowest BCUT2D eigenvalue weighted by Gasteiger charge is -2.09. The minimum atomic E-state index is -3.69. The summed E-state index contributed by atoms with van der Waals surface area (Å²) in [6.07, 6.45) is 0. The molecule has 0 atom stereocenters. The van der Waals surface area contributed by atoms with Gasteiger partial charge in [0, 0.05) is 4.88 Å². The van der Waals surface area contributed by atoms with Crippen molar-refractivity contribution < 1.29 is 13.5 Å². The van der Waals surface area contributed by atoms with Gasteiger partial charge in [0.25, 0.3) is 10.0 Å². The van der Waals surface area contributed by atoms with Gasteiger partial charge in [-0.1, -0.05) is 12.1 Å². The third-order valence-corrected chi connectivity index (χ3v) is 5.57. The van der Waals surface area contributed by atoms with Gasteiger partial charge >= 0.3 is 0 Å². The van der Waals surface area contributed by atoms with Crippen LogP contribution in [0.15, 0.2) is 23.1 Å². The third-order valence-electron chi connectivity index (χ3n) is 2.97. The highest BCUT2D eigenvalue weighted by Gasteiger charge is 2.19. The zero-order valence-corrected chi connectivity index (χ0v) is 13.1. The summed E-state index contributed by atoms with van der Waals surface area (Å²) in [5.74, 6) is 0. The Hall–Kier alpha value is -1.44. The standard InChI is InChI=1S/C13H16N2O3S2/c1-8-4-5-11(7-16)6-12(8)20(17,18)15-13-14-9(2)10(3)19-13/h4-6,16H,7H2,1-3H3,(H,14,15). The first-order chi connectivity index (χ1) is 9.33. The van der Waals surface area contributed by atoms with Gasteiger partial charge in [0.05, 0.1) is 17.2 Å². The number of rotatable bonds is 4. The van der Waals surface area contributed by atoms with Crippen LogP contribution in [0.4, 0.5) is 5.13 Å². The molecular weight excluding hydrogens is 296 g/mol. The van der Waals surface area contributed by atoms with Crippen molar-refractivity contribution in [3.8, 4) is 0 Å². The van der Waals surface area contributed by atoms with Gasteiger partial charge < -0.3 is 5.11 Å². The van der Waals surface area contributed by atoms with E-state index in [1.54, 1.807) is 19.1 Å². The summed E-state index contributed by atoms with van der Waals surface area (Å²) in [5.41, 5.74) is 2.00. The van der Waals surface area contributed by atoms with Crippen molar-refractivity contribution in [2.75, 3.05) is 4.72 Å². The fourth-order valence-electron chi connectivity index (χ4n) is 1.72. The van der Waals surface area contributed by atoms with E-state index in [-0.39, 0.29) is 11.5 Å². The Kier molecular flexibility index (Phi) is 4.12. The molecule has 1 aromatic carbocycles. The van der Waals surface area contributed by atoms with Crippen molar-refractivity contribution in [2.45, 2.75) is 32.3 Å². The van der Waals surface area contributed by atoms with Crippen molar-refractivity contribution in [2.24, 2.45) is 0 Å². The van der Waals surface area contributed by atoms with Crippen LogP contribution >= 0.6 is 11.3 Å². The van der Waals surface area contributed by atoms with Crippen LogP contribution in [0.5, 0.6) is 0 Å². The van der Waals surface area contributed by atoms with E-state index in [4.69, 9.17) is 5.11 Å². The van der Waals surface area contributed by atoms with E-state index in [0.29, 0.717) is 16.3 Å². The Balaban J connectivity index is 2.40. The molecule has 5 nitrogen and oxygen atoms in total. The summed E-state index contributed by atoms with van der Waals surface area (Å²) < 4.78 is 27.3. The molecular formula is C13H16N2O3S2. The van der Waals surface area contributed by atoms with E-state index < -0.39 is 10.0 Å². The molecule has 0 saturated heterocycles. The van der Waals surface area contributed by atoms with Gasteiger partial charge in [-0.15, -0.1) is 11.3 Å². The van der Waals surface area contributed by atoms with Gasteiger partial charge in [0.15, 0.2) is 5.13 Å². The monoisotopic (exact) mass is 312 g/mol. The molecule has 1 heterocycles. The molecule has 2 N–H and O–H groups in total. The highest BCUT2D eigenvalue weighted by atomic mass is 32.2. The first kappa shape index (κ1) is 15.0. The average Bonchev–Trinajstić information content (AvgIpc) is 2.67. The summed E-state index contributed by atoms with van der Waals surface area (Å²) in [4.78, 5) is 5.31. The number of nitrogens with zero attached hydrogens (tertiary/aromatic N) is 1. The molecule has 1 aromatic heterocycles. The maximum absolute atomic E-state index is 12.4. The molecule has 2 aromatic rings. The lowest BCUT2D eigenvalue weighted by atomic mass is 10.2. The first-order valence-corrected chi connectivity index (χ1v) is 8.30. The second kappa shape index (κ2) is 5.51. The van der Waals surface area contributed by atoms with E-state index in [2.05, 4.69) is 9.71 Å². The minimum absolute atomic E-state index is 0.162. The predicted molar refractivity (Wildman–Crippen MR) is 79.5 cm³/mol. The smallest absolute Gasteiger partial charge is 0.263 e. The number of aliphatic hydroxyl groups excluding tert-OH is 1. The van der Waals surface area contributed by atoms with Gasteiger partial charge in [0.1, 0.15) is 0 Å². The van der Waals surface area contributed by atoms with Crippen LogP contribution in [0.2, 0.25) is 0 Å². The summed E-state index contributed by atoms with van der Waals surface area (Å²) in [6.45, 7) is 5.25. The van der Waals surface area contributed by atoms with Gasteiger partial charge in [-0.05, 0) is 38.0 Å². The Labute approximate surface area is 122 Å². The molecule has 20 heavy (non-hydrogen) atoms. The molecule has 0 fully saturated rings. The minimum Gasteiger partial charge on any atom is -0.392 e. The maximum atomic E-state index is 12.4. The Morgan fingerprint density at radius 2 is 2.00 bits per heavy atom. The zero-order chi connectivity index (χ0) is 14.9. The number of anilines is 1. The number of hydrogen-bond donors (Lipinski definition) is 2. The second-order valence-electron chi connectivity index (χ2n) is 4.52. The highest BCUT2D eigenvalue weighted by Crippen LogP contribution is 2.25. The summed E-state index contributed by atoms with van der Waals surface area (Å²) in [6, 6.07) is 4.86. The van der Waals surface area contributed by atoms with E-state index in [1.807, 2.05) is 13.8 Å². The number of aromatic nitrogens is 1. The molecule has 0 radical (unpaired) electrons. The van der Waals surface area contributed by atoms with Crippen LogP contribution in [0.25, 0.3) is 0 Å². The van der Waals surface area contributed by atoms with E-state index in [1.165, 1.54) is 17.4 Å². The number of benzene rings is 1. The number of aryl methyl sites for hydroxylation is 3. The van der Waals surface area contributed by atoms with Crippen LogP contribution in [0.1, 0.15) is 21.7 Å². The second-order valence-corrected chi connectivity index (χ2v) is 7.38. The molecule has 0 spiro atoms. The Morgan fingerprint density at radius 3 is 2.55 bits per heavy atom. The zero-order valence-electron chi connectivity index (χ0n) is 11.5. The molecule has 2 rings (SSSR count). The molecule has 7 heteroatoms. The first-order valence-electron chi connectivity index (χ1n) is 6.00. The van der Waals surface area contributed by atoms with E-state index in [9.17, 15) is 8.42 Å². The maximum Gasteiger partial charge on any atom is 0.263 e. The number of aliphatic hydroxyl groups is 1. The normalized spacial score (nSPS) is 11.6. The lowest BCUT2D eigenvalue weighted by molar-refractivity contribution is 0.281. The van der Waals surface area contributed by atoms with Gasteiger partial charge in [0.2, 0.25) is 0 Å². The molecule has 0 bridgehead atoms. The molecule has 0 saturated carbocycles. The molecule has 108 valence electrons. The van der Waals surface area contributed by atoms with Gasteiger partial charge in [-0.25, -0.2) is 13.4 Å². The lowest BCUT2D eigenvalue weighted by Crippen LogP contribution is -2.14. The Morgan fingerprint density at radius 1 is 1.30 bits per heavy atom. The number of nitrogens with one attached hydrogen (secondary N) is 1. The number of hydrogen-bond acceptors (Lipinski definition) is 5. The van der Waals surface area contributed by atoms with E-state index >= 15 is 0 Å². The van der Waals surface area contributed by atoms with E-state index in [0.717, 1.165) is 10.6 Å². The molecule has 0 aliphatic rings. The van der Waals surface area contributed by atoms with Crippen LogP contribution in [-0.2, 0) is 16.6 Å². The molecule has 0 unspecified atom stereocenters. The summed E-state index contributed by atoms with van der Waals surface area (Å²) in [7, 11) is -3.69. The Bertz CT molecular complexity index is 717. The van der Waals surface area contributed by atoms with Crippen LogP contribution in [0, 0.1) is 20.8 Å². The van der Waals surface area contributed by atoms with Crippen molar-refractivity contribution >= 4 is 26.5 Å². The highest BCUT2D eigenvalue weighted by molar-refractivity contribution is 7.93. The number of thiazole rings is 1. The predicted octanol–water partition coefficient (Wildman–Crippen LogP) is 2.36. The summed E-state index contributed by atoms with van der Waals surface area (Å²) in [5, 5.41) is 9.48. The topological polar surface area (TPSA) is 79.3 Å². The van der Waals surface area contributed by atoms with Crippen molar-refractivity contribution in [1.29, 1.82) is 0 Å². The fourth-order valence-corrected chi connectivity index (χ4v) is 4.06. The van der Waals surface area contributed by atoms with Crippen molar-refractivity contribution in [3.05, 3.63) is 39.9 Å². The van der Waals surface area contributed by atoms with Crippen LogP contribution in [-0.4, -0.2) is 18.5 Å². The van der Waals surface area contributed by atoms with Gasteiger partial charge in [-0.3, -0.25) is 4.72 Å². The van der Waals surface area contributed by atoms with Crippen molar-refractivity contribution in [3.63, 3.8) is 0 Å². The number of sulfonamides is 1. The van der Waals surface area contributed by atoms with Crippen molar-refractivity contribution in [1.82, 2.24) is 4.98 Å². The SMILES string of the molecule is Cc1ccc(CO)cc1S(=O)(=O)Nc1nc(C)c(C)s1. The molecule has 0 amide bonds. The fraction of sp³-hybridized carbons (Fsp3) is 0.308. The largest absolute Gasteiger partial charge is 0.392 e. The molecule has 0 aliphatic carbocycles. The van der Waals surface area contributed by atoms with Gasteiger partial charge in [-0.2, -0.15) is 0 Å². The summed E-state index contributed by atoms with van der Waals surface area (Å²) >= 11 is 1.30. The molecule has 0 aliphatic heterocycles. The quantitative estimate of drug-likeness (QED) is 0.908.